The average Bonchev–Trinajstić information content (AvgIpc) is 3.86. The Morgan fingerprint density at radius 1 is 0.844 bits per heavy atom. The van der Waals surface area contributed by atoms with Gasteiger partial charge in [0.25, 0.3) is 0 Å². The van der Waals surface area contributed by atoms with Crippen LogP contribution in [-0.4, -0.2) is 175 Å². The number of carboxylic acid groups (broad SMARTS) is 1. The van der Waals surface area contributed by atoms with Crippen molar-refractivity contribution >= 4 is 47.3 Å². The Labute approximate surface area is 459 Å². The van der Waals surface area contributed by atoms with E-state index in [1.807, 2.05) is 83.7 Å². The molecule has 19 heteroatoms. The summed E-state index contributed by atoms with van der Waals surface area (Å²) >= 11 is 0. The first-order chi connectivity index (χ1) is 36.2. The summed E-state index contributed by atoms with van der Waals surface area (Å²) in [5, 5.41) is 13.4. The van der Waals surface area contributed by atoms with Crippen molar-refractivity contribution in [3.05, 3.63) is 35.9 Å². The molecule has 2 heterocycles. The Morgan fingerprint density at radius 3 is 2.05 bits per heavy atom. The Morgan fingerprint density at radius 2 is 1.51 bits per heavy atom. The number of rotatable bonds is 31. The molecule has 0 aromatic heterocycles. The third-order valence-electron chi connectivity index (χ3n) is 15.3. The third-order valence-corrected chi connectivity index (χ3v) is 15.3. The number of nitrogens with zero attached hydrogens (tertiary/aromatic N) is 4. The van der Waals surface area contributed by atoms with Crippen LogP contribution >= 0.6 is 0 Å². The summed E-state index contributed by atoms with van der Waals surface area (Å²) in [5.41, 5.74) is 0.0778. The second kappa shape index (κ2) is 31.6. The summed E-state index contributed by atoms with van der Waals surface area (Å²) in [6, 6.07) is 6.55. The number of ketones is 2. The number of ether oxygens (including phenoxy) is 4. The molecular formula is C58H95N5O14. The van der Waals surface area contributed by atoms with Gasteiger partial charge in [-0.2, -0.15) is 0 Å². The van der Waals surface area contributed by atoms with Gasteiger partial charge in [0.1, 0.15) is 17.5 Å². The molecular weight excluding hydrogens is 991 g/mol. The summed E-state index contributed by atoms with van der Waals surface area (Å²) in [6.45, 7) is 21.5. The van der Waals surface area contributed by atoms with Crippen molar-refractivity contribution in [3.8, 4) is 0 Å². The van der Waals surface area contributed by atoms with E-state index in [1.165, 1.54) is 19.1 Å². The Hall–Kier alpha value is -4.98. The van der Waals surface area contributed by atoms with Crippen LogP contribution in [0.4, 0.5) is 4.79 Å². The first-order valence-electron chi connectivity index (χ1n) is 27.9. The van der Waals surface area contributed by atoms with E-state index in [2.05, 4.69) is 5.32 Å². The second-order valence-corrected chi connectivity index (χ2v) is 23.1. The molecule has 77 heavy (non-hydrogen) atoms. The minimum Gasteiger partial charge on any atom is -0.480 e. The zero-order valence-electron chi connectivity index (χ0n) is 49.0. The molecule has 2 aliphatic rings. The number of aliphatic carboxylic acids is 1. The standard InChI is InChI=1S/C58H95N5O14/c1-16-38(6)52(61(13)55(69)43(36(2)3)34-46(65)51(37(4)5)60(12)28-23-27-49(67)76-40(8)50(56(70)71)59-57(72)77-58(9,10)11)47(73-14)35-48(66)62-29-22-26-44(62)53(74-15)39(7)45(64)33-42(32-41-24-18-17-19-25-41)54(68)63-30-20-21-31-75-63/h17-19,24-25,36-40,42-44,47,50-53H,16,20-23,26-35H2,1-15H3,(H,59,72)(H,70,71)/t38-,39-,40+,42+,43-,44-,47+,50-,51-,52-,53+/m0/s1. The Balaban J connectivity index is 1.72. The van der Waals surface area contributed by atoms with Gasteiger partial charge in [-0.3, -0.25) is 38.5 Å². The number of hydrogen-bond acceptors (Lipinski definition) is 14. The fourth-order valence-electron chi connectivity index (χ4n) is 11.0. The predicted octanol–water partition coefficient (Wildman–Crippen LogP) is 7.16. The van der Waals surface area contributed by atoms with Crippen LogP contribution in [0, 0.1) is 35.5 Å². The van der Waals surface area contributed by atoms with Gasteiger partial charge in [0.15, 0.2) is 11.8 Å². The number of methoxy groups -OCH3 is 2. The van der Waals surface area contributed by atoms with E-state index in [4.69, 9.17) is 23.8 Å². The number of likely N-dealkylation sites (tertiary alicyclic amines) is 1. The van der Waals surface area contributed by atoms with E-state index >= 15 is 0 Å². The van der Waals surface area contributed by atoms with E-state index in [-0.39, 0.29) is 79.1 Å². The van der Waals surface area contributed by atoms with Crippen LogP contribution < -0.4 is 5.32 Å². The van der Waals surface area contributed by atoms with Crippen LogP contribution in [0.5, 0.6) is 0 Å². The molecule has 2 saturated heterocycles. The number of Topliss-reactive ketones (excluding diaryl/α,β-unsaturated/α-hetero) is 2. The molecule has 0 spiro atoms. The number of carbonyl (C=O) groups excluding carboxylic acids is 7. The normalized spacial score (nSPS) is 19.1. The molecule has 0 saturated carbocycles. The van der Waals surface area contributed by atoms with Crippen molar-refractivity contribution in [2.45, 2.75) is 195 Å². The molecule has 0 aliphatic carbocycles. The van der Waals surface area contributed by atoms with Crippen molar-refractivity contribution in [2.75, 3.05) is 54.6 Å². The topological polar surface area (TPSA) is 228 Å². The van der Waals surface area contributed by atoms with Crippen LogP contribution in [0.25, 0.3) is 0 Å². The van der Waals surface area contributed by atoms with Gasteiger partial charge in [-0.1, -0.05) is 85.2 Å². The Bertz CT molecular complexity index is 2080. The third kappa shape index (κ3) is 20.0. The average molecular weight is 1090 g/mol. The lowest BCUT2D eigenvalue weighted by atomic mass is 9.83. The van der Waals surface area contributed by atoms with Gasteiger partial charge in [0.2, 0.25) is 17.7 Å². The number of alkyl carbamates (subject to hydrolysis) is 1. The minimum absolute atomic E-state index is 0.00732. The molecule has 2 N–H and O–H groups in total. The van der Waals surface area contributed by atoms with Crippen molar-refractivity contribution in [1.29, 1.82) is 0 Å². The van der Waals surface area contributed by atoms with Crippen LogP contribution in [0.1, 0.15) is 146 Å². The molecule has 1 aromatic rings. The molecule has 0 unspecified atom stereocenters. The van der Waals surface area contributed by atoms with E-state index in [9.17, 15) is 43.5 Å². The maximum absolute atomic E-state index is 14.8. The molecule has 436 valence electrons. The van der Waals surface area contributed by atoms with Crippen LogP contribution in [-0.2, 0) is 63.8 Å². The first kappa shape index (κ1) is 66.3. The number of esters is 1. The highest BCUT2D eigenvalue weighted by Gasteiger charge is 2.44. The van der Waals surface area contributed by atoms with Crippen molar-refractivity contribution in [1.82, 2.24) is 25.1 Å². The number of amides is 4. The lowest BCUT2D eigenvalue weighted by molar-refractivity contribution is -0.201. The quantitative estimate of drug-likeness (QED) is 0.0704. The van der Waals surface area contributed by atoms with Crippen LogP contribution in [0.3, 0.4) is 0 Å². The molecule has 1 aromatic carbocycles. The van der Waals surface area contributed by atoms with Crippen molar-refractivity contribution < 1.29 is 67.2 Å². The molecule has 0 bridgehead atoms. The fraction of sp³-hybridized carbons (Fsp3) is 0.759. The number of hydrogen-bond donors (Lipinski definition) is 2. The summed E-state index contributed by atoms with van der Waals surface area (Å²) in [5.74, 6) is -5.43. The first-order valence-corrected chi connectivity index (χ1v) is 27.9. The molecule has 19 nitrogen and oxygen atoms in total. The maximum atomic E-state index is 14.8. The van der Waals surface area contributed by atoms with Gasteiger partial charge in [0.05, 0.1) is 49.3 Å². The highest BCUT2D eigenvalue weighted by molar-refractivity contribution is 5.91. The number of carbonyl (C=O) groups is 8. The van der Waals surface area contributed by atoms with Crippen LogP contribution in [0.2, 0.25) is 0 Å². The zero-order chi connectivity index (χ0) is 57.9. The van der Waals surface area contributed by atoms with Gasteiger partial charge in [0, 0.05) is 65.5 Å². The smallest absolute Gasteiger partial charge is 0.408 e. The molecule has 11 atom stereocenters. The summed E-state index contributed by atoms with van der Waals surface area (Å²) in [4.78, 5) is 120. The molecule has 2 aliphatic heterocycles. The van der Waals surface area contributed by atoms with Crippen molar-refractivity contribution in [2.24, 2.45) is 35.5 Å². The molecule has 0 radical (unpaired) electrons. The maximum Gasteiger partial charge on any atom is 0.408 e. The van der Waals surface area contributed by atoms with E-state index in [1.54, 1.807) is 51.8 Å². The second-order valence-electron chi connectivity index (χ2n) is 23.1. The minimum atomic E-state index is -1.54. The molecule has 3 rings (SSSR count). The van der Waals surface area contributed by atoms with Gasteiger partial charge in [-0.15, -0.1) is 0 Å². The van der Waals surface area contributed by atoms with Gasteiger partial charge < -0.3 is 39.2 Å². The highest BCUT2D eigenvalue weighted by Crippen LogP contribution is 2.32. The van der Waals surface area contributed by atoms with E-state index in [0.717, 1.165) is 18.4 Å². The van der Waals surface area contributed by atoms with Crippen LogP contribution in [0.15, 0.2) is 30.3 Å². The van der Waals surface area contributed by atoms with Gasteiger partial charge >= 0.3 is 18.0 Å². The Kier molecular flexibility index (Phi) is 27.2. The largest absolute Gasteiger partial charge is 0.480 e. The lowest BCUT2D eigenvalue weighted by Crippen LogP contribution is -2.54. The fourth-order valence-corrected chi connectivity index (χ4v) is 11.0. The van der Waals surface area contributed by atoms with E-state index < -0.39 is 83.9 Å². The number of nitrogens with one attached hydrogen (secondary N) is 1. The number of likely N-dealkylation sites (N-methyl/N-ethyl adjacent to an activating group) is 2. The summed E-state index contributed by atoms with van der Waals surface area (Å²) in [7, 11) is 6.60. The number of hydroxylamine groups is 2. The SMILES string of the molecule is CC[C@H](C)[C@@H]([C@@H](CC(=O)N1CCC[C@H]1[C@H](OC)[C@@H](C)C(=O)C[C@@H](Cc1ccccc1)C(=O)N1CCCCO1)OC)N(C)C(=O)[C@@H](CC(=O)[C@H](C(C)C)N(C)CCCC(=O)O[C@H](C)[C@H](NC(=O)OC(C)(C)C)C(=O)O)C(C)C. The highest BCUT2D eigenvalue weighted by atomic mass is 16.7. The summed E-state index contributed by atoms with van der Waals surface area (Å²) < 4.78 is 22.8. The number of benzene rings is 1. The van der Waals surface area contributed by atoms with Crippen molar-refractivity contribution in [3.63, 3.8) is 0 Å². The summed E-state index contributed by atoms with van der Waals surface area (Å²) in [6.07, 6.45) is 0.676. The lowest BCUT2D eigenvalue weighted by Gasteiger charge is -2.41. The molecule has 4 amide bonds. The monoisotopic (exact) mass is 1090 g/mol. The van der Waals surface area contributed by atoms with Gasteiger partial charge in [-0.05, 0) is 103 Å². The zero-order valence-corrected chi connectivity index (χ0v) is 49.0. The van der Waals surface area contributed by atoms with Gasteiger partial charge in [-0.25, -0.2) is 14.7 Å². The molecule has 2 fully saturated rings. The number of carboxylic acids is 1. The predicted molar refractivity (Wildman–Crippen MR) is 291 cm³/mol. The van der Waals surface area contributed by atoms with E-state index in [0.29, 0.717) is 51.9 Å².